The van der Waals surface area contributed by atoms with Gasteiger partial charge in [0.05, 0.1) is 10.0 Å². The van der Waals surface area contributed by atoms with Crippen molar-refractivity contribution in [2.24, 2.45) is 5.14 Å². The number of aryl methyl sites for hydroxylation is 2. The molecule has 0 spiro atoms. The molecule has 7 nitrogen and oxygen atoms in total. The third-order valence-electron chi connectivity index (χ3n) is 3.45. The fourth-order valence-corrected chi connectivity index (χ4v) is 3.34. The minimum Gasteiger partial charge on any atom is -0.287 e. The highest BCUT2D eigenvalue weighted by atomic mass is 35.5. The van der Waals surface area contributed by atoms with E-state index in [4.69, 9.17) is 28.3 Å². The van der Waals surface area contributed by atoms with Crippen LogP contribution >= 0.6 is 23.2 Å². The highest BCUT2D eigenvalue weighted by Gasteiger charge is 2.24. The molecule has 126 valence electrons. The Balaban J connectivity index is 2.40. The van der Waals surface area contributed by atoms with Crippen LogP contribution in [-0.4, -0.2) is 27.7 Å². The van der Waals surface area contributed by atoms with Crippen LogP contribution in [-0.2, 0) is 10.0 Å². The summed E-state index contributed by atoms with van der Waals surface area (Å²) in [6.07, 6.45) is 0. The highest BCUT2D eigenvalue weighted by molar-refractivity contribution is 7.89. The largest absolute Gasteiger partial charge is 0.287 e. The first-order valence-corrected chi connectivity index (χ1v) is 9.10. The lowest BCUT2D eigenvalue weighted by atomic mass is 10.3. The van der Waals surface area contributed by atoms with Gasteiger partial charge in [0.15, 0.2) is 0 Å². The van der Waals surface area contributed by atoms with Crippen LogP contribution in [0.3, 0.4) is 0 Å². The molecule has 3 aromatic rings. The first-order chi connectivity index (χ1) is 11.2. The zero-order valence-electron chi connectivity index (χ0n) is 12.7. The van der Waals surface area contributed by atoms with E-state index in [-0.39, 0.29) is 5.95 Å². The number of aromatic nitrogens is 4. The SMILES string of the molecule is Cc1ccc(C)n1-c1nc(S(N)(=O)=O)nn1-c1c(Cl)cccc1Cl. The summed E-state index contributed by atoms with van der Waals surface area (Å²) in [7, 11) is -4.10. The summed E-state index contributed by atoms with van der Waals surface area (Å²) in [6.45, 7) is 3.72. The molecule has 2 aromatic heterocycles. The van der Waals surface area contributed by atoms with Crippen molar-refractivity contribution in [1.82, 2.24) is 19.3 Å². The third kappa shape index (κ3) is 2.82. The van der Waals surface area contributed by atoms with Crippen LogP contribution in [0.5, 0.6) is 0 Å². The van der Waals surface area contributed by atoms with Gasteiger partial charge in [0.25, 0.3) is 15.2 Å². The maximum Gasteiger partial charge on any atom is 0.284 e. The van der Waals surface area contributed by atoms with Gasteiger partial charge in [-0.2, -0.15) is 9.67 Å². The monoisotopic (exact) mass is 385 g/mol. The van der Waals surface area contributed by atoms with Crippen LogP contribution in [0.4, 0.5) is 0 Å². The number of nitrogens with zero attached hydrogens (tertiary/aromatic N) is 4. The van der Waals surface area contributed by atoms with Crippen molar-refractivity contribution >= 4 is 33.2 Å². The van der Waals surface area contributed by atoms with Gasteiger partial charge >= 0.3 is 0 Å². The molecule has 2 heterocycles. The van der Waals surface area contributed by atoms with E-state index in [2.05, 4.69) is 10.1 Å². The number of benzene rings is 1. The maximum absolute atomic E-state index is 11.7. The van der Waals surface area contributed by atoms with Crippen LogP contribution < -0.4 is 5.14 Å². The average molecular weight is 386 g/mol. The van der Waals surface area contributed by atoms with Crippen LogP contribution in [0.15, 0.2) is 35.5 Å². The number of hydrogen-bond acceptors (Lipinski definition) is 4. The van der Waals surface area contributed by atoms with Crippen LogP contribution in [0, 0.1) is 13.8 Å². The second-order valence-electron chi connectivity index (χ2n) is 5.17. The molecule has 0 saturated carbocycles. The average Bonchev–Trinajstić information content (AvgIpc) is 3.03. The number of rotatable bonds is 3. The van der Waals surface area contributed by atoms with E-state index in [1.54, 1.807) is 22.8 Å². The number of hydrogen-bond donors (Lipinski definition) is 1. The predicted octanol–water partition coefficient (Wildman–Crippen LogP) is 2.63. The number of primary sulfonamides is 1. The first-order valence-electron chi connectivity index (χ1n) is 6.79. The van der Waals surface area contributed by atoms with Gasteiger partial charge in [-0.25, -0.2) is 13.6 Å². The van der Waals surface area contributed by atoms with Gasteiger partial charge in [-0.05, 0) is 38.1 Å². The molecule has 0 fully saturated rings. The molecule has 0 saturated heterocycles. The standard InChI is InChI=1S/C14H13Cl2N5O2S/c1-8-6-7-9(2)20(8)14-18-13(24(17,22)23)19-21(14)12-10(15)4-3-5-11(12)16/h3-7H,1-2H3,(H2,17,22,23). The molecule has 0 aliphatic heterocycles. The molecule has 0 unspecified atom stereocenters. The van der Waals surface area contributed by atoms with Gasteiger partial charge in [0, 0.05) is 11.4 Å². The van der Waals surface area contributed by atoms with E-state index in [9.17, 15) is 8.42 Å². The molecule has 0 aliphatic rings. The topological polar surface area (TPSA) is 95.8 Å². The Labute approximate surface area is 148 Å². The van der Waals surface area contributed by atoms with Crippen molar-refractivity contribution in [3.8, 4) is 11.6 Å². The Hall–Kier alpha value is -1.87. The molecular weight excluding hydrogens is 373 g/mol. The second-order valence-corrected chi connectivity index (χ2v) is 7.44. The highest BCUT2D eigenvalue weighted by Crippen LogP contribution is 2.30. The molecule has 2 N–H and O–H groups in total. The number of para-hydroxylation sites is 1. The quantitative estimate of drug-likeness (QED) is 0.749. The lowest BCUT2D eigenvalue weighted by Gasteiger charge is -2.12. The number of halogens is 2. The Morgan fingerprint density at radius 1 is 1.04 bits per heavy atom. The zero-order chi connectivity index (χ0) is 17.6. The van der Waals surface area contributed by atoms with E-state index >= 15 is 0 Å². The van der Waals surface area contributed by atoms with E-state index < -0.39 is 15.2 Å². The fraction of sp³-hybridized carbons (Fsp3) is 0.143. The molecule has 0 bridgehead atoms. The molecule has 0 aliphatic carbocycles. The van der Waals surface area contributed by atoms with Crippen LogP contribution in [0.25, 0.3) is 11.6 Å². The maximum atomic E-state index is 11.7. The van der Waals surface area contributed by atoms with Crippen molar-refractivity contribution in [1.29, 1.82) is 0 Å². The summed E-state index contributed by atoms with van der Waals surface area (Å²) in [5.74, 6) is 0.231. The van der Waals surface area contributed by atoms with Gasteiger partial charge in [0.1, 0.15) is 5.69 Å². The first kappa shape index (κ1) is 17.0. The second kappa shape index (κ2) is 5.89. The molecule has 0 atom stereocenters. The van der Waals surface area contributed by atoms with Gasteiger partial charge in [-0.3, -0.25) is 4.57 Å². The van der Waals surface area contributed by atoms with Gasteiger partial charge < -0.3 is 0 Å². The van der Waals surface area contributed by atoms with Crippen LogP contribution in [0.1, 0.15) is 11.4 Å². The lowest BCUT2D eigenvalue weighted by Crippen LogP contribution is -2.14. The molecule has 0 radical (unpaired) electrons. The van der Waals surface area contributed by atoms with E-state index in [0.29, 0.717) is 15.7 Å². The number of nitrogens with two attached hydrogens (primary N) is 1. The summed E-state index contributed by atoms with van der Waals surface area (Å²) in [4.78, 5) is 4.09. The predicted molar refractivity (Wildman–Crippen MR) is 91.6 cm³/mol. The minimum atomic E-state index is -4.10. The molecule has 24 heavy (non-hydrogen) atoms. The fourth-order valence-electron chi connectivity index (χ4n) is 2.38. The molecule has 0 amide bonds. The van der Waals surface area contributed by atoms with E-state index in [1.807, 2.05) is 26.0 Å². The Bertz CT molecular complexity index is 1000. The van der Waals surface area contributed by atoms with Crippen molar-refractivity contribution in [3.05, 3.63) is 51.8 Å². The van der Waals surface area contributed by atoms with Crippen molar-refractivity contribution in [3.63, 3.8) is 0 Å². The third-order valence-corrected chi connectivity index (χ3v) is 4.74. The summed E-state index contributed by atoms with van der Waals surface area (Å²) in [5.41, 5.74) is 2.00. The van der Waals surface area contributed by atoms with Gasteiger partial charge in [0.2, 0.25) is 5.95 Å². The minimum absolute atomic E-state index is 0.231. The zero-order valence-corrected chi connectivity index (χ0v) is 15.1. The normalized spacial score (nSPS) is 11.9. The molecule has 3 rings (SSSR count). The Morgan fingerprint density at radius 3 is 2.08 bits per heavy atom. The summed E-state index contributed by atoms with van der Waals surface area (Å²) >= 11 is 12.5. The lowest BCUT2D eigenvalue weighted by molar-refractivity contribution is 0.588. The van der Waals surface area contributed by atoms with E-state index in [0.717, 1.165) is 11.4 Å². The molecule has 1 aromatic carbocycles. The van der Waals surface area contributed by atoms with E-state index in [1.165, 1.54) is 4.68 Å². The van der Waals surface area contributed by atoms with Crippen molar-refractivity contribution < 1.29 is 8.42 Å². The van der Waals surface area contributed by atoms with Crippen molar-refractivity contribution in [2.75, 3.05) is 0 Å². The Morgan fingerprint density at radius 2 is 1.58 bits per heavy atom. The summed E-state index contributed by atoms with van der Waals surface area (Å²) < 4.78 is 26.4. The summed E-state index contributed by atoms with van der Waals surface area (Å²) in [6, 6.07) is 8.68. The Kier molecular flexibility index (Phi) is 4.16. The smallest absolute Gasteiger partial charge is 0.284 e. The van der Waals surface area contributed by atoms with Crippen molar-refractivity contribution in [2.45, 2.75) is 19.0 Å². The van der Waals surface area contributed by atoms with Crippen LogP contribution in [0.2, 0.25) is 10.0 Å². The van der Waals surface area contributed by atoms with Gasteiger partial charge in [-0.15, -0.1) is 5.10 Å². The molecular formula is C14H13Cl2N5O2S. The molecule has 10 heteroatoms. The number of sulfonamides is 1. The van der Waals surface area contributed by atoms with Gasteiger partial charge in [-0.1, -0.05) is 29.3 Å². The summed E-state index contributed by atoms with van der Waals surface area (Å²) in [5, 5.41) is 9.29.